The number of hydrogen-bond donors (Lipinski definition) is 0. The molecule has 0 aliphatic carbocycles. The molecule has 0 bridgehead atoms. The summed E-state index contributed by atoms with van der Waals surface area (Å²) in [7, 11) is 0. The molecule has 0 aliphatic rings. The topological polar surface area (TPSA) is 22.1 Å². The minimum Gasteiger partial charge on any atom is -0.491 e. The predicted molar refractivity (Wildman–Crippen MR) is 61.5 cm³/mol. The van der Waals surface area contributed by atoms with Gasteiger partial charge in [0.2, 0.25) is 0 Å². The maximum atomic E-state index is 5.62. The zero-order valence-corrected chi connectivity index (χ0v) is 9.77. The molecule has 0 unspecified atom stereocenters. The molecule has 0 amide bonds. The van der Waals surface area contributed by atoms with Crippen LogP contribution in [0.15, 0.2) is 23.4 Å². The first-order valence-corrected chi connectivity index (χ1v) is 6.17. The van der Waals surface area contributed by atoms with Crippen LogP contribution < -0.4 is 4.74 Å². The van der Waals surface area contributed by atoms with E-state index in [-0.39, 0.29) is 0 Å². The van der Waals surface area contributed by atoms with Gasteiger partial charge in [-0.25, -0.2) is 4.98 Å². The molecule has 1 aromatic rings. The highest BCUT2D eigenvalue weighted by atomic mass is 35.5. The zero-order valence-electron chi connectivity index (χ0n) is 8.20. The third-order valence-electron chi connectivity index (χ3n) is 1.51. The van der Waals surface area contributed by atoms with E-state index in [0.29, 0.717) is 5.88 Å². The molecular formula is C10H14ClNOS. The monoisotopic (exact) mass is 231 g/mol. The van der Waals surface area contributed by atoms with Crippen molar-refractivity contribution in [3.8, 4) is 5.75 Å². The molecule has 14 heavy (non-hydrogen) atoms. The average Bonchev–Trinajstić information content (AvgIpc) is 2.24. The van der Waals surface area contributed by atoms with Gasteiger partial charge in [0.05, 0.1) is 6.61 Å². The van der Waals surface area contributed by atoms with E-state index in [4.69, 9.17) is 16.3 Å². The fourth-order valence-electron chi connectivity index (χ4n) is 0.942. The number of rotatable bonds is 6. The smallest absolute Gasteiger partial charge is 0.151 e. The van der Waals surface area contributed by atoms with Crippen LogP contribution in [0.1, 0.15) is 13.3 Å². The fourth-order valence-corrected chi connectivity index (χ4v) is 1.85. The first-order chi connectivity index (χ1) is 6.88. The molecule has 0 aromatic carbocycles. The van der Waals surface area contributed by atoms with Gasteiger partial charge in [-0.15, -0.1) is 23.4 Å². The van der Waals surface area contributed by atoms with Gasteiger partial charge in [0.15, 0.2) is 5.75 Å². The first kappa shape index (κ1) is 11.7. The van der Waals surface area contributed by atoms with Crippen LogP contribution in [0.25, 0.3) is 0 Å². The van der Waals surface area contributed by atoms with Crippen molar-refractivity contribution in [1.82, 2.24) is 4.98 Å². The van der Waals surface area contributed by atoms with Crippen LogP contribution in [0, 0.1) is 0 Å². The Morgan fingerprint density at radius 1 is 1.57 bits per heavy atom. The van der Waals surface area contributed by atoms with Crippen molar-refractivity contribution in [2.45, 2.75) is 18.4 Å². The van der Waals surface area contributed by atoms with Gasteiger partial charge in [0.1, 0.15) is 5.03 Å². The van der Waals surface area contributed by atoms with Crippen molar-refractivity contribution in [3.05, 3.63) is 18.3 Å². The van der Waals surface area contributed by atoms with E-state index in [2.05, 4.69) is 11.9 Å². The lowest BCUT2D eigenvalue weighted by Crippen LogP contribution is -1.97. The maximum absolute atomic E-state index is 5.62. The highest BCUT2D eigenvalue weighted by Crippen LogP contribution is 2.26. The largest absolute Gasteiger partial charge is 0.491 e. The van der Waals surface area contributed by atoms with Crippen molar-refractivity contribution in [3.63, 3.8) is 0 Å². The highest BCUT2D eigenvalue weighted by Gasteiger charge is 2.03. The van der Waals surface area contributed by atoms with Crippen molar-refractivity contribution < 1.29 is 4.74 Å². The van der Waals surface area contributed by atoms with Gasteiger partial charge in [-0.1, -0.05) is 6.92 Å². The number of ether oxygens (including phenoxy) is 1. The van der Waals surface area contributed by atoms with E-state index < -0.39 is 0 Å². The molecular weight excluding hydrogens is 218 g/mol. The minimum atomic E-state index is 0.633. The van der Waals surface area contributed by atoms with Gasteiger partial charge in [0.25, 0.3) is 0 Å². The Morgan fingerprint density at radius 2 is 2.43 bits per heavy atom. The van der Waals surface area contributed by atoms with Gasteiger partial charge >= 0.3 is 0 Å². The number of halogens is 1. The summed E-state index contributed by atoms with van der Waals surface area (Å²) < 4.78 is 5.56. The Morgan fingerprint density at radius 3 is 3.14 bits per heavy atom. The Hall–Kier alpha value is -0.410. The number of pyridine rings is 1. The zero-order chi connectivity index (χ0) is 10.2. The summed E-state index contributed by atoms with van der Waals surface area (Å²) in [4.78, 5) is 4.25. The van der Waals surface area contributed by atoms with Crippen LogP contribution in [-0.4, -0.2) is 23.2 Å². The molecule has 1 rings (SSSR count). The summed E-state index contributed by atoms with van der Waals surface area (Å²) >= 11 is 7.25. The third-order valence-corrected chi connectivity index (χ3v) is 2.92. The predicted octanol–water partition coefficient (Wildman–Crippen LogP) is 3.20. The summed E-state index contributed by atoms with van der Waals surface area (Å²) in [6.07, 6.45) is 2.78. The van der Waals surface area contributed by atoms with Crippen molar-refractivity contribution in [2.24, 2.45) is 0 Å². The lowest BCUT2D eigenvalue weighted by Gasteiger charge is -2.08. The van der Waals surface area contributed by atoms with Crippen LogP contribution >= 0.6 is 23.4 Å². The molecule has 0 spiro atoms. The second kappa shape index (κ2) is 6.96. The number of hydrogen-bond acceptors (Lipinski definition) is 3. The summed E-state index contributed by atoms with van der Waals surface area (Å²) in [5, 5.41) is 0.932. The van der Waals surface area contributed by atoms with Gasteiger partial charge < -0.3 is 4.74 Å². The van der Waals surface area contributed by atoms with E-state index in [0.717, 1.165) is 29.6 Å². The molecule has 78 valence electrons. The van der Waals surface area contributed by atoms with Gasteiger partial charge in [0, 0.05) is 17.8 Å². The van der Waals surface area contributed by atoms with Crippen molar-refractivity contribution in [1.29, 1.82) is 0 Å². The van der Waals surface area contributed by atoms with Crippen LogP contribution in [-0.2, 0) is 0 Å². The third kappa shape index (κ3) is 3.76. The lowest BCUT2D eigenvalue weighted by molar-refractivity contribution is 0.307. The van der Waals surface area contributed by atoms with E-state index >= 15 is 0 Å². The lowest BCUT2D eigenvalue weighted by atomic mass is 10.4. The molecule has 0 radical (unpaired) electrons. The Kier molecular flexibility index (Phi) is 5.80. The number of alkyl halides is 1. The van der Waals surface area contributed by atoms with Crippen LogP contribution in [0.5, 0.6) is 5.75 Å². The Balaban J connectivity index is 2.60. The normalized spacial score (nSPS) is 10.1. The molecule has 0 fully saturated rings. The molecule has 0 N–H and O–H groups in total. The summed E-state index contributed by atoms with van der Waals surface area (Å²) in [6, 6.07) is 3.83. The molecule has 0 saturated carbocycles. The number of thioether (sulfide) groups is 1. The van der Waals surface area contributed by atoms with E-state index in [1.54, 1.807) is 18.0 Å². The van der Waals surface area contributed by atoms with E-state index in [1.807, 2.05) is 12.1 Å². The van der Waals surface area contributed by atoms with Crippen LogP contribution in [0.2, 0.25) is 0 Å². The Bertz CT molecular complexity index is 243. The maximum Gasteiger partial charge on any atom is 0.151 e. The van der Waals surface area contributed by atoms with Crippen molar-refractivity contribution in [2.75, 3.05) is 18.2 Å². The highest BCUT2D eigenvalue weighted by molar-refractivity contribution is 7.99. The summed E-state index contributed by atoms with van der Waals surface area (Å²) in [5.74, 6) is 2.36. The average molecular weight is 232 g/mol. The first-order valence-electron chi connectivity index (χ1n) is 4.65. The van der Waals surface area contributed by atoms with Gasteiger partial charge in [-0.05, 0) is 18.6 Å². The molecule has 0 atom stereocenters. The fraction of sp³-hybridized carbons (Fsp3) is 0.500. The number of nitrogens with zero attached hydrogens (tertiary/aromatic N) is 1. The molecule has 1 aromatic heterocycles. The minimum absolute atomic E-state index is 0.633. The van der Waals surface area contributed by atoms with Crippen LogP contribution in [0.4, 0.5) is 0 Å². The quantitative estimate of drug-likeness (QED) is 0.555. The molecule has 4 heteroatoms. The molecule has 0 saturated heterocycles. The SMILES string of the molecule is CCCOc1cccnc1SCCCl. The summed E-state index contributed by atoms with van der Waals surface area (Å²) in [5.41, 5.74) is 0. The van der Waals surface area contributed by atoms with Crippen molar-refractivity contribution >= 4 is 23.4 Å². The second-order valence-corrected chi connectivity index (χ2v) is 4.15. The Labute approximate surface area is 94.0 Å². The van der Waals surface area contributed by atoms with Gasteiger partial charge in [-0.2, -0.15) is 0 Å². The van der Waals surface area contributed by atoms with E-state index in [1.165, 1.54) is 0 Å². The molecule has 1 heterocycles. The van der Waals surface area contributed by atoms with Crippen LogP contribution in [0.3, 0.4) is 0 Å². The van der Waals surface area contributed by atoms with Gasteiger partial charge in [-0.3, -0.25) is 0 Å². The standard InChI is InChI=1S/C10H14ClNOS/c1-2-7-13-9-4-3-6-12-10(9)14-8-5-11/h3-4,6H,2,5,7-8H2,1H3. The summed E-state index contributed by atoms with van der Waals surface area (Å²) in [6.45, 7) is 2.82. The number of aromatic nitrogens is 1. The molecule has 2 nitrogen and oxygen atoms in total. The second-order valence-electron chi connectivity index (χ2n) is 2.69. The molecule has 0 aliphatic heterocycles. The van der Waals surface area contributed by atoms with E-state index in [9.17, 15) is 0 Å².